The van der Waals surface area contributed by atoms with Crippen LogP contribution in [0, 0.1) is 5.92 Å². The minimum absolute atomic E-state index is 0.0871. The molecule has 2 saturated heterocycles. The number of unbranched alkanes of at least 4 members (excludes halogenated alkanes) is 4. The van der Waals surface area contributed by atoms with E-state index in [-0.39, 0.29) is 36.9 Å². The van der Waals surface area contributed by atoms with Crippen LogP contribution in [0.25, 0.3) is 0 Å². The molecule has 2 fully saturated rings. The average Bonchev–Trinajstić information content (AvgIpc) is 3.69. The number of nitrogens with zero attached hydrogens (tertiary/aromatic N) is 4. The summed E-state index contributed by atoms with van der Waals surface area (Å²) in [6.45, 7) is 4.39. The molecule has 9 atom stereocenters. The van der Waals surface area contributed by atoms with Crippen molar-refractivity contribution >= 4 is 36.0 Å². The summed E-state index contributed by atoms with van der Waals surface area (Å²) in [6, 6.07) is 26.8. The number of rotatable bonds is 25. The summed E-state index contributed by atoms with van der Waals surface area (Å²) in [5.74, 6) is -2.41. The molecule has 3 aromatic carbocycles. The lowest BCUT2D eigenvalue weighted by atomic mass is 9.91. The summed E-state index contributed by atoms with van der Waals surface area (Å²) in [7, 11) is 3.63. The minimum Gasteiger partial charge on any atom is -0.459 e. The highest BCUT2D eigenvalue weighted by atomic mass is 16.7. The molecule has 2 aliphatic rings. The Bertz CT molecular complexity index is 2350. The van der Waals surface area contributed by atoms with Gasteiger partial charge in [0.1, 0.15) is 31.0 Å². The maximum absolute atomic E-state index is 13.5. The van der Waals surface area contributed by atoms with Crippen molar-refractivity contribution in [3.63, 3.8) is 0 Å². The summed E-state index contributed by atoms with van der Waals surface area (Å²) in [4.78, 5) is 75.6. The number of hydrogen-bond acceptors (Lipinski definition) is 15. The van der Waals surface area contributed by atoms with Gasteiger partial charge in [-0.1, -0.05) is 81.3 Å². The Balaban J connectivity index is 0.946. The van der Waals surface area contributed by atoms with Crippen LogP contribution in [0.5, 0.6) is 0 Å². The van der Waals surface area contributed by atoms with Crippen molar-refractivity contribution in [1.29, 1.82) is 0 Å². The lowest BCUT2D eigenvalue weighted by Crippen LogP contribution is -2.58. The van der Waals surface area contributed by atoms with Gasteiger partial charge in [0.2, 0.25) is 5.91 Å². The first kappa shape index (κ1) is 53.0. The number of ether oxygens (including phenoxy) is 7. The summed E-state index contributed by atoms with van der Waals surface area (Å²) in [5.41, 5.74) is 0.330. The van der Waals surface area contributed by atoms with Gasteiger partial charge in [0.15, 0.2) is 24.4 Å². The van der Waals surface area contributed by atoms with Gasteiger partial charge in [-0.2, -0.15) is 4.98 Å². The van der Waals surface area contributed by atoms with Gasteiger partial charge >= 0.3 is 23.6 Å². The minimum atomic E-state index is -1.19. The third kappa shape index (κ3) is 15.3. The maximum atomic E-state index is 13.5. The zero-order chi connectivity index (χ0) is 49.8. The van der Waals surface area contributed by atoms with E-state index in [4.69, 9.17) is 33.2 Å². The van der Waals surface area contributed by atoms with Crippen LogP contribution >= 0.6 is 0 Å². The standard InChI is InChI=1S/C52H65N5O13/c1-5-39-43(59)46(47(67-39)57-30-28-41(55-52(57)63)54-34-56(3)4)64-31-19-7-6-18-29-53-42(58)27-17-20-32-65-51-35(2)44(69-49(61)37-23-13-9-14-24-37)45(70-50(62)38-25-15-10-16-26-38)40(68-51)33-66-48(60)36-21-11-8-12-22-36/h8-16,21-26,28,30,34-35,39-40,43-47,51,59H,5-7,17-20,27,29,31-33H2,1-4H3,(H,53,58)/t35-,39-,40-,43?,44-,45+,46+,47-,51-/m1/s1. The van der Waals surface area contributed by atoms with Crippen LogP contribution < -0.4 is 11.0 Å². The number of benzene rings is 3. The van der Waals surface area contributed by atoms with Crippen LogP contribution in [0.15, 0.2) is 113 Å². The fraction of sp³-hybridized carbons (Fsp3) is 0.481. The van der Waals surface area contributed by atoms with Crippen LogP contribution in [0.2, 0.25) is 0 Å². The molecule has 0 aliphatic carbocycles. The van der Waals surface area contributed by atoms with E-state index in [9.17, 15) is 29.1 Å². The number of hydrogen-bond donors (Lipinski definition) is 2. The van der Waals surface area contributed by atoms with Crippen molar-refractivity contribution in [1.82, 2.24) is 19.8 Å². The normalized spacial score (nSPS) is 23.1. The average molecular weight is 968 g/mol. The Kier molecular flexibility index (Phi) is 20.6. The van der Waals surface area contributed by atoms with Gasteiger partial charge in [0.25, 0.3) is 0 Å². The quantitative estimate of drug-likeness (QED) is 0.0254. The van der Waals surface area contributed by atoms with Crippen LogP contribution in [-0.2, 0) is 38.0 Å². The number of aromatic nitrogens is 2. The zero-order valence-corrected chi connectivity index (χ0v) is 40.2. The molecule has 4 aromatic rings. The summed E-state index contributed by atoms with van der Waals surface area (Å²) in [6.07, 6.45) is 0.852. The molecule has 0 spiro atoms. The molecule has 2 N–H and O–H groups in total. The summed E-state index contributed by atoms with van der Waals surface area (Å²) in [5, 5.41) is 13.9. The molecule has 6 rings (SSSR count). The number of aliphatic hydroxyl groups excluding tert-OH is 1. The van der Waals surface area contributed by atoms with Crippen molar-refractivity contribution in [2.45, 2.75) is 114 Å². The fourth-order valence-electron chi connectivity index (χ4n) is 8.04. The Morgan fingerprint density at radius 2 is 1.33 bits per heavy atom. The monoisotopic (exact) mass is 967 g/mol. The van der Waals surface area contributed by atoms with E-state index in [1.165, 1.54) is 4.57 Å². The highest BCUT2D eigenvalue weighted by Crippen LogP contribution is 2.34. The molecule has 18 nitrogen and oxygen atoms in total. The molecular formula is C52H65N5O13. The summed E-state index contributed by atoms with van der Waals surface area (Å²) < 4.78 is 43.8. The molecule has 0 radical (unpaired) electrons. The van der Waals surface area contributed by atoms with E-state index in [2.05, 4.69) is 15.3 Å². The van der Waals surface area contributed by atoms with Crippen molar-refractivity contribution in [2.24, 2.45) is 10.9 Å². The second-order valence-corrected chi connectivity index (χ2v) is 17.4. The van der Waals surface area contributed by atoms with Gasteiger partial charge in [-0.05, 0) is 74.6 Å². The highest BCUT2D eigenvalue weighted by Gasteiger charge is 2.50. The van der Waals surface area contributed by atoms with Crippen LogP contribution in [0.4, 0.5) is 5.82 Å². The Hall–Kier alpha value is -6.31. The van der Waals surface area contributed by atoms with Gasteiger partial charge in [-0.25, -0.2) is 24.2 Å². The van der Waals surface area contributed by atoms with E-state index >= 15 is 0 Å². The van der Waals surface area contributed by atoms with Crippen molar-refractivity contribution in [2.75, 3.05) is 40.5 Å². The first-order chi connectivity index (χ1) is 33.9. The van der Waals surface area contributed by atoms with Crippen molar-refractivity contribution in [3.05, 3.63) is 130 Å². The second kappa shape index (κ2) is 27.2. The van der Waals surface area contributed by atoms with Gasteiger partial charge in [-0.3, -0.25) is 9.36 Å². The largest absolute Gasteiger partial charge is 0.459 e. The molecule has 1 unspecified atom stereocenters. The molecule has 18 heteroatoms. The number of amides is 1. The number of aliphatic hydroxyl groups is 1. The van der Waals surface area contributed by atoms with E-state index in [1.54, 1.807) is 121 Å². The predicted octanol–water partition coefficient (Wildman–Crippen LogP) is 6.05. The number of carbonyl (C=O) groups is 4. The number of carbonyl (C=O) groups excluding carboxylic acids is 4. The molecule has 376 valence electrons. The zero-order valence-electron chi connectivity index (χ0n) is 40.2. The Labute approximate surface area is 408 Å². The third-order valence-electron chi connectivity index (χ3n) is 11.8. The predicted molar refractivity (Wildman–Crippen MR) is 257 cm³/mol. The first-order valence-electron chi connectivity index (χ1n) is 24.0. The first-order valence-corrected chi connectivity index (χ1v) is 24.0. The lowest BCUT2D eigenvalue weighted by molar-refractivity contribution is -0.281. The summed E-state index contributed by atoms with van der Waals surface area (Å²) >= 11 is 0. The van der Waals surface area contributed by atoms with E-state index in [0.717, 1.165) is 19.3 Å². The SMILES string of the molecule is CC[C@H]1O[C@@H](n2ccc(N=CN(C)C)nc2=O)[C@@H](OCCCCCCNC(=O)CCCCO[C@@H]2O[C@H](COC(=O)c3ccccc3)[C@H](OC(=O)c3ccccc3)[C@H](OC(=O)c3ccccc3)[C@H]2C)C1O. The molecular weight excluding hydrogens is 903 g/mol. The molecule has 3 heterocycles. The number of aliphatic imine (C=N–C) groups is 1. The number of nitrogens with one attached hydrogen (secondary N) is 1. The molecule has 0 bridgehead atoms. The van der Waals surface area contributed by atoms with E-state index in [0.29, 0.717) is 50.0 Å². The molecule has 70 heavy (non-hydrogen) atoms. The highest BCUT2D eigenvalue weighted by molar-refractivity contribution is 5.91. The van der Waals surface area contributed by atoms with Crippen LogP contribution in [0.1, 0.15) is 103 Å². The van der Waals surface area contributed by atoms with Gasteiger partial charge < -0.3 is 48.5 Å². The van der Waals surface area contributed by atoms with Gasteiger partial charge in [-0.15, -0.1) is 0 Å². The molecule has 1 aromatic heterocycles. The van der Waals surface area contributed by atoms with Gasteiger partial charge in [0.05, 0.1) is 29.1 Å². The van der Waals surface area contributed by atoms with Crippen LogP contribution in [0.3, 0.4) is 0 Å². The van der Waals surface area contributed by atoms with E-state index in [1.807, 2.05) is 21.0 Å². The number of esters is 3. The van der Waals surface area contributed by atoms with E-state index < -0.39 is 78.7 Å². The molecule has 0 saturated carbocycles. The second-order valence-electron chi connectivity index (χ2n) is 17.4. The topological polar surface area (TPSA) is 216 Å². The smallest absolute Gasteiger partial charge is 0.351 e. The van der Waals surface area contributed by atoms with Crippen LogP contribution in [-0.4, -0.2) is 133 Å². The van der Waals surface area contributed by atoms with Gasteiger partial charge in [0, 0.05) is 52.4 Å². The van der Waals surface area contributed by atoms with Crippen molar-refractivity contribution in [3.8, 4) is 0 Å². The molecule has 2 aliphatic heterocycles. The molecule has 1 amide bonds. The maximum Gasteiger partial charge on any atom is 0.351 e. The Morgan fingerprint density at radius 1 is 0.743 bits per heavy atom. The third-order valence-corrected chi connectivity index (χ3v) is 11.8. The van der Waals surface area contributed by atoms with Crippen molar-refractivity contribution < 1.29 is 57.4 Å². The lowest BCUT2D eigenvalue weighted by Gasteiger charge is -2.44. The fourth-order valence-corrected chi connectivity index (χ4v) is 8.04. The Morgan fingerprint density at radius 3 is 1.94 bits per heavy atom.